The first-order chi connectivity index (χ1) is 15.9. The molecule has 1 aliphatic rings. The molecule has 1 fully saturated rings. The second-order valence-electron chi connectivity index (χ2n) is 8.16. The average molecular weight is 444 g/mol. The summed E-state index contributed by atoms with van der Waals surface area (Å²) >= 11 is 0. The third kappa shape index (κ3) is 3.82. The number of anilines is 1. The SMILES string of the molecule is Cc1ccnc2ccc(C(=O)Nc3ccc(F)c(-c4cn(C5CCN(C)C5=O)nn4)c3)cc12. The first-order valence-electron chi connectivity index (χ1n) is 10.5. The van der Waals surface area contributed by atoms with Gasteiger partial charge in [0.15, 0.2) is 0 Å². The molecule has 5 rings (SSSR count). The molecule has 166 valence electrons. The molecule has 8 nitrogen and oxygen atoms in total. The molecule has 0 saturated carbocycles. The smallest absolute Gasteiger partial charge is 0.255 e. The van der Waals surface area contributed by atoms with E-state index in [9.17, 15) is 14.0 Å². The van der Waals surface area contributed by atoms with Crippen LogP contribution in [0.5, 0.6) is 0 Å². The van der Waals surface area contributed by atoms with Gasteiger partial charge < -0.3 is 10.2 Å². The topological polar surface area (TPSA) is 93.0 Å². The Morgan fingerprint density at radius 3 is 2.82 bits per heavy atom. The molecular weight excluding hydrogens is 423 g/mol. The van der Waals surface area contributed by atoms with Crippen molar-refractivity contribution < 1.29 is 14.0 Å². The largest absolute Gasteiger partial charge is 0.344 e. The molecule has 0 radical (unpaired) electrons. The standard InChI is InChI=1S/C24H21FN6O2/c1-14-7-9-26-20-6-3-15(11-17(14)20)23(32)27-16-4-5-19(25)18(12-16)21-13-31(29-28-21)22-8-10-30(2)24(22)33/h3-7,9,11-13,22H,8,10H2,1-2H3,(H,27,32). The number of pyridine rings is 1. The number of carbonyl (C=O) groups is 2. The Balaban J connectivity index is 1.40. The molecule has 0 bridgehead atoms. The summed E-state index contributed by atoms with van der Waals surface area (Å²) in [5.41, 5.74) is 3.21. The molecule has 3 heterocycles. The predicted octanol–water partition coefficient (Wildman–Crippen LogP) is 3.60. The molecule has 0 aliphatic carbocycles. The summed E-state index contributed by atoms with van der Waals surface area (Å²) in [7, 11) is 1.74. The van der Waals surface area contributed by atoms with Crippen molar-refractivity contribution in [2.45, 2.75) is 19.4 Å². The molecule has 4 aromatic rings. The van der Waals surface area contributed by atoms with E-state index in [0.29, 0.717) is 29.9 Å². The number of fused-ring (bicyclic) bond motifs is 1. The van der Waals surface area contributed by atoms with Gasteiger partial charge in [0, 0.05) is 42.0 Å². The lowest BCUT2D eigenvalue weighted by Crippen LogP contribution is -2.24. The number of rotatable bonds is 4. The minimum Gasteiger partial charge on any atom is -0.344 e. The van der Waals surface area contributed by atoms with Crippen LogP contribution in [-0.2, 0) is 4.79 Å². The number of hydrogen-bond acceptors (Lipinski definition) is 5. The number of nitrogens with zero attached hydrogens (tertiary/aromatic N) is 5. The van der Waals surface area contributed by atoms with Crippen LogP contribution >= 0.6 is 0 Å². The molecular formula is C24H21FN6O2. The molecule has 1 saturated heterocycles. The monoisotopic (exact) mass is 444 g/mol. The summed E-state index contributed by atoms with van der Waals surface area (Å²) in [6.07, 6.45) is 3.91. The van der Waals surface area contributed by atoms with E-state index in [2.05, 4.69) is 20.6 Å². The van der Waals surface area contributed by atoms with Crippen LogP contribution in [0.25, 0.3) is 22.2 Å². The highest BCUT2D eigenvalue weighted by Crippen LogP contribution is 2.27. The van der Waals surface area contributed by atoms with Gasteiger partial charge in [0.05, 0.1) is 11.7 Å². The molecule has 1 N–H and O–H groups in total. The Morgan fingerprint density at radius 1 is 1.18 bits per heavy atom. The number of benzene rings is 2. The Kier molecular flexibility index (Phi) is 5.08. The van der Waals surface area contributed by atoms with Crippen molar-refractivity contribution in [3.63, 3.8) is 0 Å². The summed E-state index contributed by atoms with van der Waals surface area (Å²) in [5, 5.41) is 11.8. The van der Waals surface area contributed by atoms with Gasteiger partial charge >= 0.3 is 0 Å². The summed E-state index contributed by atoms with van der Waals surface area (Å²) in [4.78, 5) is 31.0. The number of aromatic nitrogens is 4. The molecule has 1 atom stereocenters. The van der Waals surface area contributed by atoms with Crippen molar-refractivity contribution in [2.75, 3.05) is 18.9 Å². The minimum absolute atomic E-state index is 0.0474. The van der Waals surface area contributed by atoms with E-state index in [-0.39, 0.29) is 17.4 Å². The number of carbonyl (C=O) groups excluding carboxylic acids is 2. The van der Waals surface area contributed by atoms with E-state index < -0.39 is 11.9 Å². The van der Waals surface area contributed by atoms with E-state index in [1.807, 2.05) is 13.0 Å². The first-order valence-corrected chi connectivity index (χ1v) is 10.5. The van der Waals surface area contributed by atoms with Crippen molar-refractivity contribution >= 4 is 28.4 Å². The molecule has 0 spiro atoms. The Bertz CT molecular complexity index is 1400. The number of likely N-dealkylation sites (tertiary alicyclic amines) is 1. The van der Waals surface area contributed by atoms with E-state index in [1.165, 1.54) is 22.9 Å². The number of likely N-dealkylation sites (N-methyl/N-ethyl adjacent to an activating group) is 1. The number of amides is 2. The Morgan fingerprint density at radius 2 is 2.03 bits per heavy atom. The summed E-state index contributed by atoms with van der Waals surface area (Å²) in [5.74, 6) is -0.864. The lowest BCUT2D eigenvalue weighted by atomic mass is 10.1. The molecule has 1 aliphatic heterocycles. The number of aryl methyl sites for hydroxylation is 1. The van der Waals surface area contributed by atoms with Crippen LogP contribution in [0.4, 0.5) is 10.1 Å². The minimum atomic E-state index is -0.498. The van der Waals surface area contributed by atoms with Crippen LogP contribution in [0.15, 0.2) is 54.9 Å². The molecule has 2 aromatic carbocycles. The van der Waals surface area contributed by atoms with Crippen LogP contribution < -0.4 is 5.32 Å². The average Bonchev–Trinajstić information content (AvgIpc) is 3.42. The van der Waals surface area contributed by atoms with Gasteiger partial charge in [-0.25, -0.2) is 9.07 Å². The maximum Gasteiger partial charge on any atom is 0.255 e. The van der Waals surface area contributed by atoms with E-state index >= 15 is 0 Å². The predicted molar refractivity (Wildman–Crippen MR) is 121 cm³/mol. The summed E-state index contributed by atoms with van der Waals surface area (Å²) in [6.45, 7) is 2.60. The Labute approximate surface area is 189 Å². The van der Waals surface area contributed by atoms with E-state index in [0.717, 1.165) is 16.5 Å². The lowest BCUT2D eigenvalue weighted by Gasteiger charge is -2.10. The van der Waals surface area contributed by atoms with Crippen molar-refractivity contribution in [3.05, 3.63) is 71.8 Å². The van der Waals surface area contributed by atoms with E-state index in [4.69, 9.17) is 0 Å². The van der Waals surface area contributed by atoms with Crippen molar-refractivity contribution in [1.29, 1.82) is 0 Å². The first kappa shape index (κ1) is 20.7. The molecule has 2 aromatic heterocycles. The van der Waals surface area contributed by atoms with Crippen LogP contribution in [0.1, 0.15) is 28.4 Å². The van der Waals surface area contributed by atoms with Gasteiger partial charge in [-0.2, -0.15) is 0 Å². The maximum atomic E-state index is 14.6. The van der Waals surface area contributed by atoms with Gasteiger partial charge in [0.2, 0.25) is 5.91 Å². The van der Waals surface area contributed by atoms with Crippen molar-refractivity contribution in [1.82, 2.24) is 24.9 Å². The van der Waals surface area contributed by atoms with Gasteiger partial charge in [0.1, 0.15) is 17.6 Å². The van der Waals surface area contributed by atoms with Crippen LogP contribution in [0, 0.1) is 12.7 Å². The van der Waals surface area contributed by atoms with Crippen LogP contribution in [0.3, 0.4) is 0 Å². The lowest BCUT2D eigenvalue weighted by molar-refractivity contribution is -0.129. The molecule has 33 heavy (non-hydrogen) atoms. The second kappa shape index (κ2) is 8.09. The third-order valence-corrected chi connectivity index (χ3v) is 5.95. The fraction of sp³-hybridized carbons (Fsp3) is 0.208. The summed E-state index contributed by atoms with van der Waals surface area (Å²) < 4.78 is 16.1. The highest BCUT2D eigenvalue weighted by Gasteiger charge is 2.31. The van der Waals surface area contributed by atoms with Crippen LogP contribution in [0.2, 0.25) is 0 Å². The normalized spacial score (nSPS) is 15.9. The highest BCUT2D eigenvalue weighted by molar-refractivity contribution is 6.06. The maximum absolute atomic E-state index is 14.6. The number of halogens is 1. The molecule has 9 heteroatoms. The van der Waals surface area contributed by atoms with Gasteiger partial charge in [-0.05, 0) is 61.4 Å². The van der Waals surface area contributed by atoms with Gasteiger partial charge in [-0.15, -0.1) is 5.10 Å². The second-order valence-corrected chi connectivity index (χ2v) is 8.16. The fourth-order valence-corrected chi connectivity index (χ4v) is 4.03. The third-order valence-electron chi connectivity index (χ3n) is 5.95. The van der Waals surface area contributed by atoms with Crippen molar-refractivity contribution in [3.8, 4) is 11.3 Å². The van der Waals surface area contributed by atoms with Crippen LogP contribution in [-0.4, -0.2) is 50.3 Å². The zero-order valence-electron chi connectivity index (χ0n) is 18.1. The molecule has 2 amide bonds. The Hall–Kier alpha value is -4.14. The van der Waals surface area contributed by atoms with Gasteiger partial charge in [-0.3, -0.25) is 14.6 Å². The quantitative estimate of drug-likeness (QED) is 0.519. The van der Waals surface area contributed by atoms with Crippen molar-refractivity contribution in [2.24, 2.45) is 0 Å². The van der Waals surface area contributed by atoms with Gasteiger partial charge in [-0.1, -0.05) is 5.21 Å². The molecule has 1 unspecified atom stereocenters. The van der Waals surface area contributed by atoms with Gasteiger partial charge in [0.25, 0.3) is 5.91 Å². The van der Waals surface area contributed by atoms with E-state index in [1.54, 1.807) is 42.5 Å². The highest BCUT2D eigenvalue weighted by atomic mass is 19.1. The number of nitrogens with one attached hydrogen (secondary N) is 1. The summed E-state index contributed by atoms with van der Waals surface area (Å²) in [6, 6.07) is 11.0. The zero-order valence-corrected chi connectivity index (χ0v) is 18.1. The fourth-order valence-electron chi connectivity index (χ4n) is 4.03. The zero-order chi connectivity index (χ0) is 23.1. The number of hydrogen-bond donors (Lipinski definition) is 1.